The van der Waals surface area contributed by atoms with E-state index in [4.69, 9.17) is 29.5 Å². The van der Waals surface area contributed by atoms with Crippen LogP contribution >= 0.6 is 0 Å². The van der Waals surface area contributed by atoms with Crippen molar-refractivity contribution in [3.63, 3.8) is 0 Å². The Kier molecular flexibility index (Phi) is 27.4. The highest BCUT2D eigenvalue weighted by Crippen LogP contribution is 2.17. The molecule has 0 aromatic heterocycles. The molecule has 0 rings (SSSR count). The molecule has 346 valence electrons. The first-order valence-corrected chi connectivity index (χ1v) is 22.5. The number of carbonyl (C=O) groups excluding carboxylic acids is 4. The van der Waals surface area contributed by atoms with Crippen LogP contribution in [-0.4, -0.2) is 119 Å². The van der Waals surface area contributed by atoms with E-state index in [1.54, 1.807) is 9.80 Å². The molecular weight excluding hydrogens is 765 g/mol. The molecule has 0 saturated heterocycles. The predicted molar refractivity (Wildman–Crippen MR) is 236 cm³/mol. The second kappa shape index (κ2) is 29.3. The number of ether oxygens (including phenoxy) is 4. The van der Waals surface area contributed by atoms with Crippen molar-refractivity contribution in [3.05, 3.63) is 0 Å². The van der Waals surface area contributed by atoms with Gasteiger partial charge < -0.3 is 38.5 Å². The molecule has 0 aliphatic heterocycles. The van der Waals surface area contributed by atoms with E-state index in [2.05, 4.69) is 12.1 Å². The Balaban J connectivity index is 4.84. The molecule has 0 unspecified atom stereocenters. The molecule has 60 heavy (non-hydrogen) atoms. The topological polar surface area (TPSA) is 166 Å². The summed E-state index contributed by atoms with van der Waals surface area (Å²) in [5.41, 5.74) is -2.36. The van der Waals surface area contributed by atoms with Crippen molar-refractivity contribution in [3.8, 4) is 12.1 Å². The summed E-state index contributed by atoms with van der Waals surface area (Å²) in [5, 5.41) is 18.0. The summed E-state index contributed by atoms with van der Waals surface area (Å²) < 4.78 is 22.5. The van der Waals surface area contributed by atoms with Crippen LogP contribution in [-0.2, 0) is 18.9 Å². The van der Waals surface area contributed by atoms with E-state index in [-0.39, 0.29) is 25.0 Å². The lowest BCUT2D eigenvalue weighted by Crippen LogP contribution is -2.38. The molecule has 0 radical (unpaired) electrons. The van der Waals surface area contributed by atoms with Gasteiger partial charge in [0.2, 0.25) is 0 Å². The molecule has 0 fully saturated rings. The highest BCUT2D eigenvalue weighted by molar-refractivity contribution is 5.69. The van der Waals surface area contributed by atoms with Gasteiger partial charge in [-0.2, -0.15) is 10.5 Å². The highest BCUT2D eigenvalue weighted by Gasteiger charge is 2.25. The quantitative estimate of drug-likeness (QED) is 0.0573. The fourth-order valence-corrected chi connectivity index (χ4v) is 6.08. The first-order chi connectivity index (χ1) is 27.9. The van der Waals surface area contributed by atoms with Crippen LogP contribution in [0.1, 0.15) is 186 Å². The van der Waals surface area contributed by atoms with Gasteiger partial charge in [-0.05, 0) is 122 Å². The van der Waals surface area contributed by atoms with E-state index in [1.807, 2.05) is 92.9 Å². The van der Waals surface area contributed by atoms with Gasteiger partial charge in [-0.1, -0.05) is 51.4 Å². The van der Waals surface area contributed by atoms with Crippen LogP contribution in [0, 0.1) is 22.7 Å². The Morgan fingerprint density at radius 2 is 0.500 bits per heavy atom. The predicted octanol–water partition coefficient (Wildman–Crippen LogP) is 11.2. The number of hydrogen-bond donors (Lipinski definition) is 0. The fraction of sp³-hybridized carbons (Fsp3) is 0.870. The first-order valence-electron chi connectivity index (χ1n) is 22.5. The first kappa shape index (κ1) is 56.1. The minimum absolute atomic E-state index is 0.257. The largest absolute Gasteiger partial charge is 0.444 e. The molecule has 0 aromatic carbocycles. The Hall–Kier alpha value is -3.94. The lowest BCUT2D eigenvalue weighted by Gasteiger charge is -2.28. The van der Waals surface area contributed by atoms with Gasteiger partial charge in [0.05, 0.1) is 25.0 Å². The van der Waals surface area contributed by atoms with Gasteiger partial charge in [0.1, 0.15) is 22.4 Å². The van der Waals surface area contributed by atoms with Crippen molar-refractivity contribution < 1.29 is 38.1 Å². The lowest BCUT2D eigenvalue weighted by atomic mass is 10.1. The second-order valence-corrected chi connectivity index (χ2v) is 19.6. The molecule has 0 saturated carbocycles. The number of carbonyl (C=O) groups is 4. The molecule has 0 aliphatic carbocycles. The molecule has 0 bridgehead atoms. The van der Waals surface area contributed by atoms with Crippen LogP contribution < -0.4 is 0 Å². The molecule has 14 nitrogen and oxygen atoms in total. The zero-order valence-electron chi connectivity index (χ0n) is 39.9. The van der Waals surface area contributed by atoms with Gasteiger partial charge in [0.25, 0.3) is 0 Å². The van der Waals surface area contributed by atoms with Gasteiger partial charge in [-0.3, -0.25) is 0 Å². The highest BCUT2D eigenvalue weighted by atomic mass is 16.6. The van der Waals surface area contributed by atoms with E-state index < -0.39 is 34.6 Å². The SMILES string of the molecule is CC(C)(C)OC(=O)N(CCC#N)CCCCCCN(CCCCCCCCN(CCCCCCN(CCC#N)C(=O)OC(C)(C)C)C(=O)OC(C)(C)C)C(=O)OC(C)(C)C. The Morgan fingerprint density at radius 3 is 0.667 bits per heavy atom. The summed E-state index contributed by atoms with van der Waals surface area (Å²) in [4.78, 5) is 58.2. The van der Waals surface area contributed by atoms with Crippen molar-refractivity contribution in [2.75, 3.05) is 52.4 Å². The molecule has 0 aliphatic rings. The van der Waals surface area contributed by atoms with E-state index in [1.165, 1.54) is 0 Å². The summed E-state index contributed by atoms with van der Waals surface area (Å²) in [6.45, 7) is 26.4. The zero-order valence-corrected chi connectivity index (χ0v) is 39.9. The number of nitrogens with zero attached hydrogens (tertiary/aromatic N) is 6. The summed E-state index contributed by atoms with van der Waals surface area (Å²) in [7, 11) is 0. The Labute approximate surface area is 364 Å². The molecule has 0 aromatic rings. The smallest absolute Gasteiger partial charge is 0.410 e. The van der Waals surface area contributed by atoms with Gasteiger partial charge in [0.15, 0.2) is 0 Å². The van der Waals surface area contributed by atoms with E-state index in [0.717, 1.165) is 89.9 Å². The van der Waals surface area contributed by atoms with Gasteiger partial charge in [-0.25, -0.2) is 19.2 Å². The van der Waals surface area contributed by atoms with Crippen molar-refractivity contribution >= 4 is 24.4 Å². The average Bonchev–Trinajstić information content (AvgIpc) is 3.09. The van der Waals surface area contributed by atoms with Crippen molar-refractivity contribution in [1.82, 2.24) is 19.6 Å². The maximum absolute atomic E-state index is 13.1. The summed E-state index contributed by atoms with van der Waals surface area (Å²) in [6.07, 6.45) is 11.7. The standard InChI is InChI=1S/C46H84N6O8/c1-43(2,3)57-39(53)49(33-23-17-19-25-35-51(37-27-29-47)41(55)59-45(7,8)9)31-21-15-13-14-16-22-32-50(40(54)58-44(4,5)6)34-24-18-20-26-36-52(38-28-30-48)42(56)60-46(10,11)12/h13-28,31-38H2,1-12H3. The van der Waals surface area contributed by atoms with Crippen molar-refractivity contribution in [2.24, 2.45) is 0 Å². The van der Waals surface area contributed by atoms with E-state index in [9.17, 15) is 19.2 Å². The number of rotatable bonds is 27. The lowest BCUT2D eigenvalue weighted by molar-refractivity contribution is 0.0227. The summed E-state index contributed by atoms with van der Waals surface area (Å²) in [6, 6.07) is 4.21. The molecule has 0 N–H and O–H groups in total. The van der Waals surface area contributed by atoms with Crippen LogP contribution in [0.2, 0.25) is 0 Å². The number of unbranched alkanes of at least 4 members (excludes halogenated alkanes) is 11. The minimum atomic E-state index is -0.597. The number of nitriles is 2. The maximum atomic E-state index is 13.1. The summed E-state index contributed by atoms with van der Waals surface area (Å²) in [5.74, 6) is 0. The van der Waals surface area contributed by atoms with Gasteiger partial charge in [-0.15, -0.1) is 0 Å². The van der Waals surface area contributed by atoms with Crippen LogP contribution in [0.4, 0.5) is 19.2 Å². The Morgan fingerprint density at radius 1 is 0.333 bits per heavy atom. The summed E-state index contributed by atoms with van der Waals surface area (Å²) >= 11 is 0. The monoisotopic (exact) mass is 849 g/mol. The number of hydrogen-bond acceptors (Lipinski definition) is 10. The van der Waals surface area contributed by atoms with Gasteiger partial charge >= 0.3 is 24.4 Å². The molecular formula is C46H84N6O8. The zero-order chi connectivity index (χ0) is 45.8. The third kappa shape index (κ3) is 31.9. The molecule has 0 heterocycles. The fourth-order valence-electron chi connectivity index (χ4n) is 6.08. The van der Waals surface area contributed by atoms with E-state index in [0.29, 0.717) is 52.4 Å². The van der Waals surface area contributed by atoms with Gasteiger partial charge in [0, 0.05) is 52.4 Å². The van der Waals surface area contributed by atoms with Crippen LogP contribution in [0.3, 0.4) is 0 Å². The third-order valence-electron chi connectivity index (χ3n) is 8.91. The second-order valence-electron chi connectivity index (χ2n) is 19.6. The molecule has 14 heteroatoms. The van der Waals surface area contributed by atoms with Crippen molar-refractivity contribution in [2.45, 2.75) is 208 Å². The van der Waals surface area contributed by atoms with Crippen LogP contribution in [0.25, 0.3) is 0 Å². The van der Waals surface area contributed by atoms with Crippen LogP contribution in [0.5, 0.6) is 0 Å². The van der Waals surface area contributed by atoms with Crippen LogP contribution in [0.15, 0.2) is 0 Å². The molecule has 4 amide bonds. The van der Waals surface area contributed by atoms with Crippen molar-refractivity contribution in [1.29, 1.82) is 10.5 Å². The maximum Gasteiger partial charge on any atom is 0.410 e. The minimum Gasteiger partial charge on any atom is -0.444 e. The number of amides is 4. The third-order valence-corrected chi connectivity index (χ3v) is 8.91. The Bertz CT molecular complexity index is 1220. The molecule has 0 spiro atoms. The average molecular weight is 849 g/mol. The normalized spacial score (nSPS) is 11.8. The van der Waals surface area contributed by atoms with E-state index >= 15 is 0 Å². The molecule has 0 atom stereocenters.